The van der Waals surface area contributed by atoms with Gasteiger partial charge in [0.2, 0.25) is 0 Å². The van der Waals surface area contributed by atoms with Crippen molar-refractivity contribution in [2.24, 2.45) is 0 Å². The molecule has 1 aromatic rings. The highest BCUT2D eigenvalue weighted by Gasteiger charge is 2.34. The average molecular weight is 384 g/mol. The maximum absolute atomic E-state index is 12.2. The molecule has 1 saturated heterocycles. The van der Waals surface area contributed by atoms with E-state index in [2.05, 4.69) is 22.5 Å². The van der Waals surface area contributed by atoms with Gasteiger partial charge in [0.15, 0.2) is 11.5 Å². The van der Waals surface area contributed by atoms with E-state index in [1.54, 1.807) is 18.2 Å². The number of amides is 2. The zero-order valence-electron chi connectivity index (χ0n) is 12.1. The second-order valence-electron chi connectivity index (χ2n) is 4.31. The molecule has 1 fully saturated rings. The van der Waals surface area contributed by atoms with Gasteiger partial charge in [0.05, 0.1) is 19.1 Å². The minimum atomic E-state index is -0.337. The number of methoxy groups -OCH3 is 2. The molecule has 1 aromatic carbocycles. The van der Waals surface area contributed by atoms with E-state index in [0.29, 0.717) is 22.0 Å². The molecule has 0 N–H and O–H groups in total. The lowest BCUT2D eigenvalue weighted by Gasteiger charge is -2.11. The first kappa shape index (κ1) is 16.6. The van der Waals surface area contributed by atoms with Gasteiger partial charge in [-0.15, -0.1) is 6.58 Å². The Bertz CT molecular complexity index is 672. The summed E-state index contributed by atoms with van der Waals surface area (Å²) in [5, 5.41) is -0.308. The highest BCUT2D eigenvalue weighted by atomic mass is 79.9. The number of ether oxygens (including phenoxy) is 2. The monoisotopic (exact) mass is 383 g/mol. The Labute approximate surface area is 141 Å². The summed E-state index contributed by atoms with van der Waals surface area (Å²) in [6, 6.07) is 3.56. The van der Waals surface area contributed by atoms with Gasteiger partial charge in [-0.1, -0.05) is 22.0 Å². The summed E-state index contributed by atoms with van der Waals surface area (Å²) >= 11 is 4.28. The van der Waals surface area contributed by atoms with E-state index in [9.17, 15) is 9.59 Å². The summed E-state index contributed by atoms with van der Waals surface area (Å²) in [7, 11) is 3.05. The predicted molar refractivity (Wildman–Crippen MR) is 90.1 cm³/mol. The van der Waals surface area contributed by atoms with Crippen molar-refractivity contribution in [3.63, 3.8) is 0 Å². The molecule has 22 heavy (non-hydrogen) atoms. The Balaban J connectivity index is 2.45. The third-order valence-electron chi connectivity index (χ3n) is 2.94. The maximum Gasteiger partial charge on any atom is 0.293 e. The van der Waals surface area contributed by atoms with Crippen LogP contribution in [0.2, 0.25) is 0 Å². The molecule has 7 heteroatoms. The first-order chi connectivity index (χ1) is 10.5. The molecule has 0 aromatic heterocycles. The molecule has 0 aliphatic carbocycles. The highest BCUT2D eigenvalue weighted by Crippen LogP contribution is 2.39. The Morgan fingerprint density at radius 3 is 2.64 bits per heavy atom. The Kier molecular flexibility index (Phi) is 5.31. The van der Waals surface area contributed by atoms with Crippen molar-refractivity contribution in [3.8, 4) is 11.5 Å². The van der Waals surface area contributed by atoms with Gasteiger partial charge in [-0.3, -0.25) is 14.5 Å². The average Bonchev–Trinajstić information content (AvgIpc) is 2.74. The first-order valence-electron chi connectivity index (χ1n) is 6.29. The van der Waals surface area contributed by atoms with Crippen LogP contribution in [0, 0.1) is 0 Å². The van der Waals surface area contributed by atoms with Crippen LogP contribution < -0.4 is 9.47 Å². The lowest BCUT2D eigenvalue weighted by Crippen LogP contribution is -2.27. The van der Waals surface area contributed by atoms with E-state index in [4.69, 9.17) is 9.47 Å². The molecule has 2 rings (SSSR count). The molecule has 0 bridgehead atoms. The van der Waals surface area contributed by atoms with Crippen molar-refractivity contribution < 1.29 is 19.1 Å². The molecule has 1 heterocycles. The van der Waals surface area contributed by atoms with Crippen LogP contribution in [0.25, 0.3) is 6.08 Å². The van der Waals surface area contributed by atoms with Gasteiger partial charge in [0, 0.05) is 16.6 Å². The molecule has 0 atom stereocenters. The summed E-state index contributed by atoms with van der Waals surface area (Å²) in [6.07, 6.45) is 3.14. The fraction of sp³-hybridized carbons (Fsp3) is 0.200. The highest BCUT2D eigenvalue weighted by molar-refractivity contribution is 9.10. The Morgan fingerprint density at radius 1 is 1.32 bits per heavy atom. The maximum atomic E-state index is 12.2. The topological polar surface area (TPSA) is 55.8 Å². The normalized spacial score (nSPS) is 16.3. The molecular formula is C15H14BrNO4S. The quantitative estimate of drug-likeness (QED) is 0.573. The minimum Gasteiger partial charge on any atom is -0.493 e. The summed E-state index contributed by atoms with van der Waals surface area (Å²) in [6.45, 7) is 3.74. The molecule has 1 aliphatic rings. The lowest BCUT2D eigenvalue weighted by molar-refractivity contribution is -0.122. The fourth-order valence-corrected chi connectivity index (χ4v) is 3.29. The SMILES string of the molecule is C=CCN1C(=O)S/C(=C\c2cc(Br)cc(OC)c2OC)C1=O. The number of benzene rings is 1. The lowest BCUT2D eigenvalue weighted by atomic mass is 10.1. The van der Waals surface area contributed by atoms with Crippen molar-refractivity contribution in [2.45, 2.75) is 0 Å². The van der Waals surface area contributed by atoms with E-state index < -0.39 is 0 Å². The van der Waals surface area contributed by atoms with E-state index in [-0.39, 0.29) is 17.7 Å². The van der Waals surface area contributed by atoms with Crippen molar-refractivity contribution in [2.75, 3.05) is 20.8 Å². The molecule has 0 saturated carbocycles. The van der Waals surface area contributed by atoms with Crippen LogP contribution in [-0.4, -0.2) is 36.8 Å². The zero-order chi connectivity index (χ0) is 16.3. The van der Waals surface area contributed by atoms with E-state index in [1.165, 1.54) is 20.3 Å². The summed E-state index contributed by atoms with van der Waals surface area (Å²) in [5.74, 6) is 0.700. The van der Waals surface area contributed by atoms with Crippen LogP contribution in [0.4, 0.5) is 4.79 Å². The second kappa shape index (κ2) is 7.02. The van der Waals surface area contributed by atoms with Gasteiger partial charge in [0.25, 0.3) is 11.1 Å². The number of nitrogens with zero attached hydrogens (tertiary/aromatic N) is 1. The van der Waals surface area contributed by atoms with Crippen LogP contribution >= 0.6 is 27.7 Å². The molecule has 2 amide bonds. The third kappa shape index (κ3) is 3.20. The van der Waals surface area contributed by atoms with Gasteiger partial charge in [-0.2, -0.15) is 0 Å². The molecule has 116 valence electrons. The fourth-order valence-electron chi connectivity index (χ4n) is 1.99. The smallest absolute Gasteiger partial charge is 0.293 e. The molecule has 1 aliphatic heterocycles. The number of imide groups is 1. The third-order valence-corrected chi connectivity index (χ3v) is 4.31. The summed E-state index contributed by atoms with van der Waals surface area (Å²) in [4.78, 5) is 25.5. The molecule has 0 spiro atoms. The van der Waals surface area contributed by atoms with Crippen molar-refractivity contribution >= 4 is 44.9 Å². The van der Waals surface area contributed by atoms with E-state index in [1.807, 2.05) is 0 Å². The number of carbonyl (C=O) groups excluding carboxylic acids is 2. The van der Waals surface area contributed by atoms with Gasteiger partial charge in [-0.25, -0.2) is 0 Å². The summed E-state index contributed by atoms with van der Waals surface area (Å²) in [5.41, 5.74) is 0.651. The van der Waals surface area contributed by atoms with Crippen molar-refractivity contribution in [1.82, 2.24) is 4.90 Å². The van der Waals surface area contributed by atoms with E-state index in [0.717, 1.165) is 21.1 Å². The predicted octanol–water partition coefficient (Wildman–Crippen LogP) is 3.69. The van der Waals surface area contributed by atoms with Gasteiger partial charge in [-0.05, 0) is 30.0 Å². The largest absolute Gasteiger partial charge is 0.493 e. The molecule has 5 nitrogen and oxygen atoms in total. The van der Waals surface area contributed by atoms with Crippen LogP contribution in [0.5, 0.6) is 11.5 Å². The number of thioether (sulfide) groups is 1. The second-order valence-corrected chi connectivity index (χ2v) is 6.22. The van der Waals surface area contributed by atoms with Gasteiger partial charge < -0.3 is 9.47 Å². The number of hydrogen-bond donors (Lipinski definition) is 0. The van der Waals surface area contributed by atoms with Gasteiger partial charge in [0.1, 0.15) is 0 Å². The number of rotatable bonds is 5. The van der Waals surface area contributed by atoms with E-state index >= 15 is 0 Å². The molecule has 0 radical (unpaired) electrons. The van der Waals surface area contributed by atoms with Crippen LogP contribution in [0.1, 0.15) is 5.56 Å². The standard InChI is InChI=1S/C15H14BrNO4S/c1-4-5-17-14(18)12(22-15(17)19)7-9-6-10(16)8-11(20-2)13(9)21-3/h4,6-8H,1,5H2,2-3H3/b12-7-. The van der Waals surface area contributed by atoms with Crippen molar-refractivity contribution in [1.29, 1.82) is 0 Å². The first-order valence-corrected chi connectivity index (χ1v) is 7.90. The number of hydrogen-bond acceptors (Lipinski definition) is 5. The molecular weight excluding hydrogens is 370 g/mol. The minimum absolute atomic E-state index is 0.195. The molecule has 0 unspecified atom stereocenters. The van der Waals surface area contributed by atoms with Gasteiger partial charge >= 0.3 is 0 Å². The van der Waals surface area contributed by atoms with Crippen LogP contribution in [-0.2, 0) is 4.79 Å². The summed E-state index contributed by atoms with van der Waals surface area (Å²) < 4.78 is 11.4. The number of carbonyl (C=O) groups is 2. The van der Waals surface area contributed by atoms with Crippen molar-refractivity contribution in [3.05, 3.63) is 39.7 Å². The number of halogens is 1. The Hall–Kier alpha value is -1.73. The Morgan fingerprint density at radius 2 is 2.05 bits per heavy atom. The zero-order valence-corrected chi connectivity index (χ0v) is 14.5. The van der Waals surface area contributed by atoms with Crippen LogP contribution in [0.15, 0.2) is 34.2 Å². The van der Waals surface area contributed by atoms with Crippen LogP contribution in [0.3, 0.4) is 0 Å².